The fourth-order valence-electron chi connectivity index (χ4n) is 2.98. The normalized spacial score (nSPS) is 22.3. The van der Waals surface area contributed by atoms with Crippen molar-refractivity contribution in [3.63, 3.8) is 0 Å². The lowest BCUT2D eigenvalue weighted by Gasteiger charge is -2.19. The molecule has 0 radical (unpaired) electrons. The van der Waals surface area contributed by atoms with Crippen molar-refractivity contribution in [3.8, 4) is 5.75 Å². The van der Waals surface area contributed by atoms with Gasteiger partial charge >= 0.3 is 12.1 Å². The topological polar surface area (TPSA) is 95.9 Å². The highest BCUT2D eigenvalue weighted by Crippen LogP contribution is 2.65. The number of benzene rings is 1. The number of phenols is 1. The number of phenolic OH excluding ortho intramolecular Hbond substituents is 1. The summed E-state index contributed by atoms with van der Waals surface area (Å²) < 4.78 is 5.14. The average molecular weight is 321 g/mol. The second-order valence-corrected chi connectivity index (χ2v) is 7.52. The molecule has 6 heteroatoms. The number of amides is 1. The van der Waals surface area contributed by atoms with E-state index in [1.54, 1.807) is 32.9 Å². The minimum atomic E-state index is -0.865. The SMILES string of the molecule is CC(C)(C)OC(=O)Nc1ccc([C@@H]2[C@@H](C(=O)O)C2(C)C)c(O)c1. The van der Waals surface area contributed by atoms with Crippen molar-refractivity contribution >= 4 is 17.7 Å². The van der Waals surface area contributed by atoms with Crippen LogP contribution in [0.4, 0.5) is 10.5 Å². The maximum atomic E-state index is 11.7. The summed E-state index contributed by atoms with van der Waals surface area (Å²) in [5.41, 5.74) is -0.0367. The van der Waals surface area contributed by atoms with E-state index in [1.165, 1.54) is 6.07 Å². The molecule has 0 bridgehead atoms. The molecule has 0 aromatic heterocycles. The number of hydrogen-bond donors (Lipinski definition) is 3. The summed E-state index contributed by atoms with van der Waals surface area (Å²) in [4.78, 5) is 23.0. The average Bonchev–Trinajstić information content (AvgIpc) is 2.89. The lowest BCUT2D eigenvalue weighted by Crippen LogP contribution is -2.27. The number of ether oxygens (including phenoxy) is 1. The Morgan fingerprint density at radius 2 is 1.87 bits per heavy atom. The van der Waals surface area contributed by atoms with E-state index < -0.39 is 29.0 Å². The van der Waals surface area contributed by atoms with E-state index in [4.69, 9.17) is 4.74 Å². The fourth-order valence-corrected chi connectivity index (χ4v) is 2.98. The molecule has 1 amide bonds. The highest BCUT2D eigenvalue weighted by Gasteiger charge is 2.63. The van der Waals surface area contributed by atoms with Crippen LogP contribution in [0.1, 0.15) is 46.1 Å². The van der Waals surface area contributed by atoms with Gasteiger partial charge in [0.1, 0.15) is 11.4 Å². The van der Waals surface area contributed by atoms with Crippen LogP contribution >= 0.6 is 0 Å². The van der Waals surface area contributed by atoms with Gasteiger partial charge in [0.2, 0.25) is 0 Å². The van der Waals surface area contributed by atoms with E-state index in [0.29, 0.717) is 11.3 Å². The van der Waals surface area contributed by atoms with Crippen LogP contribution < -0.4 is 5.32 Å². The molecular weight excluding hydrogens is 298 g/mol. The zero-order chi connectivity index (χ0) is 17.6. The smallest absolute Gasteiger partial charge is 0.412 e. The number of carbonyl (C=O) groups excluding carboxylic acids is 1. The molecule has 6 nitrogen and oxygen atoms in total. The van der Waals surface area contributed by atoms with Gasteiger partial charge in [0.25, 0.3) is 0 Å². The van der Waals surface area contributed by atoms with E-state index in [2.05, 4.69) is 5.32 Å². The summed E-state index contributed by atoms with van der Waals surface area (Å²) in [5, 5.41) is 22.0. The number of carbonyl (C=O) groups is 2. The van der Waals surface area contributed by atoms with Crippen LogP contribution in [0.5, 0.6) is 5.75 Å². The largest absolute Gasteiger partial charge is 0.508 e. The highest BCUT2D eigenvalue weighted by atomic mass is 16.6. The summed E-state index contributed by atoms with van der Waals surface area (Å²) in [6, 6.07) is 4.69. The third kappa shape index (κ3) is 3.57. The van der Waals surface area contributed by atoms with Crippen LogP contribution in [0.3, 0.4) is 0 Å². The number of aromatic hydroxyl groups is 1. The molecular formula is C17H23NO5. The van der Waals surface area contributed by atoms with Gasteiger partial charge < -0.3 is 14.9 Å². The van der Waals surface area contributed by atoms with Crippen LogP contribution in [0.15, 0.2) is 18.2 Å². The first-order chi connectivity index (χ1) is 10.4. The number of anilines is 1. The van der Waals surface area contributed by atoms with Gasteiger partial charge in [-0.05, 0) is 37.8 Å². The minimum Gasteiger partial charge on any atom is -0.508 e. The Balaban J connectivity index is 2.14. The molecule has 1 saturated carbocycles. The maximum absolute atomic E-state index is 11.7. The molecule has 1 fully saturated rings. The summed E-state index contributed by atoms with van der Waals surface area (Å²) in [6.45, 7) is 9.00. The van der Waals surface area contributed by atoms with Gasteiger partial charge in [-0.3, -0.25) is 10.1 Å². The number of nitrogens with one attached hydrogen (secondary N) is 1. The number of rotatable bonds is 3. The van der Waals surface area contributed by atoms with Gasteiger partial charge in [-0.15, -0.1) is 0 Å². The van der Waals surface area contributed by atoms with E-state index in [0.717, 1.165) is 0 Å². The van der Waals surface area contributed by atoms with Crippen LogP contribution in [0.2, 0.25) is 0 Å². The van der Waals surface area contributed by atoms with Crippen molar-refractivity contribution in [1.82, 2.24) is 0 Å². The molecule has 2 atom stereocenters. The molecule has 0 unspecified atom stereocenters. The van der Waals surface area contributed by atoms with Crippen molar-refractivity contribution in [2.45, 2.75) is 46.1 Å². The van der Waals surface area contributed by atoms with Crippen molar-refractivity contribution in [2.75, 3.05) is 5.32 Å². The van der Waals surface area contributed by atoms with Crippen LogP contribution in [0.25, 0.3) is 0 Å². The summed E-state index contributed by atoms with van der Waals surface area (Å²) in [6.07, 6.45) is -0.611. The molecule has 1 aromatic carbocycles. The number of hydrogen-bond acceptors (Lipinski definition) is 4. The first-order valence-electron chi connectivity index (χ1n) is 7.49. The van der Waals surface area contributed by atoms with Crippen LogP contribution in [-0.2, 0) is 9.53 Å². The molecule has 0 heterocycles. The maximum Gasteiger partial charge on any atom is 0.412 e. The zero-order valence-electron chi connectivity index (χ0n) is 14.0. The lowest BCUT2D eigenvalue weighted by molar-refractivity contribution is -0.139. The van der Waals surface area contributed by atoms with E-state index >= 15 is 0 Å². The second kappa shape index (κ2) is 5.44. The van der Waals surface area contributed by atoms with Crippen molar-refractivity contribution in [2.24, 2.45) is 11.3 Å². The monoisotopic (exact) mass is 321 g/mol. The van der Waals surface area contributed by atoms with Gasteiger partial charge in [0, 0.05) is 17.7 Å². The standard InChI is InChI=1S/C17H23NO5/c1-16(2,3)23-15(22)18-9-6-7-10(11(19)8-9)12-13(14(20)21)17(12,4)5/h6-8,12-13,19H,1-5H3,(H,18,22)(H,20,21)/t12-,13+/m1/s1. The van der Waals surface area contributed by atoms with Crippen molar-refractivity contribution in [1.29, 1.82) is 0 Å². The number of carboxylic acid groups (broad SMARTS) is 1. The molecule has 2 rings (SSSR count). The second-order valence-electron chi connectivity index (χ2n) is 7.52. The summed E-state index contributed by atoms with van der Waals surface area (Å²) >= 11 is 0. The van der Waals surface area contributed by atoms with E-state index in [-0.39, 0.29) is 11.7 Å². The quantitative estimate of drug-likeness (QED) is 0.791. The van der Waals surface area contributed by atoms with Crippen molar-refractivity contribution < 1.29 is 24.5 Å². The first-order valence-corrected chi connectivity index (χ1v) is 7.49. The van der Waals surface area contributed by atoms with Crippen LogP contribution in [0, 0.1) is 11.3 Å². The Bertz CT molecular complexity index is 645. The Labute approximate surface area is 135 Å². The minimum absolute atomic E-state index is 0.0274. The molecule has 126 valence electrons. The van der Waals surface area contributed by atoms with Crippen molar-refractivity contribution in [3.05, 3.63) is 23.8 Å². The fraction of sp³-hybridized carbons (Fsp3) is 0.529. The van der Waals surface area contributed by atoms with Gasteiger partial charge in [-0.25, -0.2) is 4.79 Å². The third-order valence-electron chi connectivity index (χ3n) is 4.10. The molecule has 0 spiro atoms. The number of aliphatic carboxylic acids is 1. The summed E-state index contributed by atoms with van der Waals surface area (Å²) in [7, 11) is 0. The van der Waals surface area contributed by atoms with Gasteiger partial charge in [0.15, 0.2) is 0 Å². The molecule has 23 heavy (non-hydrogen) atoms. The highest BCUT2D eigenvalue weighted by molar-refractivity contribution is 5.85. The molecule has 0 saturated heterocycles. The van der Waals surface area contributed by atoms with Crippen LogP contribution in [-0.4, -0.2) is 27.9 Å². The predicted octanol–water partition coefficient (Wildman–Crippen LogP) is 3.56. The molecule has 3 N–H and O–H groups in total. The Kier molecular flexibility index (Phi) is 4.05. The Morgan fingerprint density at radius 1 is 1.26 bits per heavy atom. The lowest BCUT2D eigenvalue weighted by atomic mass is 10.0. The third-order valence-corrected chi connectivity index (χ3v) is 4.10. The molecule has 1 aliphatic carbocycles. The van der Waals surface area contributed by atoms with Gasteiger partial charge in [-0.2, -0.15) is 0 Å². The first kappa shape index (κ1) is 17.1. The Hall–Kier alpha value is -2.24. The van der Waals surface area contributed by atoms with Gasteiger partial charge in [-0.1, -0.05) is 19.9 Å². The summed E-state index contributed by atoms with van der Waals surface area (Å²) in [5.74, 6) is -1.65. The number of carboxylic acids is 1. The van der Waals surface area contributed by atoms with E-state index in [1.807, 2.05) is 13.8 Å². The van der Waals surface area contributed by atoms with E-state index in [9.17, 15) is 19.8 Å². The van der Waals surface area contributed by atoms with Gasteiger partial charge in [0.05, 0.1) is 5.92 Å². The molecule has 1 aromatic rings. The molecule has 1 aliphatic rings. The Morgan fingerprint density at radius 3 is 2.30 bits per heavy atom. The zero-order valence-corrected chi connectivity index (χ0v) is 14.0. The molecule has 0 aliphatic heterocycles. The predicted molar refractivity (Wildman–Crippen MR) is 85.6 cm³/mol.